The van der Waals surface area contributed by atoms with Crippen LogP contribution in [0, 0.1) is 0 Å². The molecular weight excluding hydrogens is 307 g/mol. The Morgan fingerprint density at radius 3 is 2.27 bits per heavy atom. The molecule has 0 spiro atoms. The van der Waals surface area contributed by atoms with Crippen LogP contribution in [0.15, 0.2) is 0 Å². The molecule has 5 heteroatoms. The Kier molecular flexibility index (Phi) is 11.5. The zero-order chi connectivity index (χ0) is 11.5. The van der Waals surface area contributed by atoms with Gasteiger partial charge in [-0.25, -0.2) is 0 Å². The molecule has 15 heavy (non-hydrogen) atoms. The summed E-state index contributed by atoms with van der Waals surface area (Å²) in [6, 6.07) is 0. The molecule has 0 bridgehead atoms. The lowest BCUT2D eigenvalue weighted by Crippen LogP contribution is -2.29. The van der Waals surface area contributed by atoms with Crippen molar-refractivity contribution in [1.82, 2.24) is 9.80 Å². The quantitative estimate of drug-likeness (QED) is 0.445. The van der Waals surface area contributed by atoms with E-state index in [1.807, 2.05) is 23.0 Å². The second kappa shape index (κ2) is 11.1. The van der Waals surface area contributed by atoms with Gasteiger partial charge in [0, 0.05) is 26.2 Å². The first-order chi connectivity index (χ1) is 7.16. The van der Waals surface area contributed by atoms with Crippen molar-refractivity contribution in [3.05, 3.63) is 0 Å². The van der Waals surface area contributed by atoms with Crippen molar-refractivity contribution < 1.29 is 7.80 Å². The Balaban J connectivity index is 3.13. The number of hydrogen-bond acceptors (Lipinski definition) is 4. The van der Waals surface area contributed by atoms with Crippen LogP contribution in [0.3, 0.4) is 0 Å². The fourth-order valence-corrected chi connectivity index (χ4v) is 1.29. The van der Waals surface area contributed by atoms with E-state index in [-0.39, 0.29) is 0 Å². The first kappa shape index (κ1) is 15.6. The molecule has 0 atom stereocenters. The molecule has 0 aliphatic heterocycles. The second-order valence-electron chi connectivity index (χ2n) is 3.89. The Hall–Kier alpha value is 0.570. The molecule has 4 nitrogen and oxygen atoms in total. The van der Waals surface area contributed by atoms with Crippen LogP contribution in [-0.2, 0) is 7.80 Å². The van der Waals surface area contributed by atoms with Crippen molar-refractivity contribution in [2.45, 2.75) is 6.42 Å². The standard InChI is InChI=1S/C10H23IN2O2/c1-12(2)6-7-13(3)5-4-8-14-9-10-15-11/h4-10H2,1-3H3. The van der Waals surface area contributed by atoms with Crippen molar-refractivity contribution in [2.24, 2.45) is 0 Å². The molecule has 0 saturated heterocycles. The highest BCUT2D eigenvalue weighted by molar-refractivity contribution is 14.1. The molecule has 0 aliphatic carbocycles. The van der Waals surface area contributed by atoms with E-state index in [1.165, 1.54) is 0 Å². The molecule has 0 aromatic rings. The normalized spacial score (nSPS) is 11.6. The van der Waals surface area contributed by atoms with Crippen LogP contribution in [0.1, 0.15) is 6.42 Å². The molecule has 0 amide bonds. The summed E-state index contributed by atoms with van der Waals surface area (Å²) < 4.78 is 10.2. The Bertz CT molecular complexity index is 137. The maximum absolute atomic E-state index is 5.38. The van der Waals surface area contributed by atoms with Crippen LogP contribution in [0.5, 0.6) is 0 Å². The minimum atomic E-state index is 0.678. The number of nitrogens with zero attached hydrogens (tertiary/aromatic N) is 2. The molecule has 0 aliphatic rings. The topological polar surface area (TPSA) is 24.9 Å². The molecule has 0 heterocycles. The van der Waals surface area contributed by atoms with E-state index in [1.54, 1.807) is 0 Å². The zero-order valence-corrected chi connectivity index (χ0v) is 12.2. The highest BCUT2D eigenvalue weighted by Crippen LogP contribution is 1.91. The smallest absolute Gasteiger partial charge is 0.109 e. The van der Waals surface area contributed by atoms with Crippen molar-refractivity contribution in [1.29, 1.82) is 0 Å². The Labute approximate surface area is 108 Å². The average molecular weight is 330 g/mol. The van der Waals surface area contributed by atoms with Gasteiger partial charge in [0.15, 0.2) is 0 Å². The van der Waals surface area contributed by atoms with Gasteiger partial charge in [-0.05, 0) is 27.6 Å². The summed E-state index contributed by atoms with van der Waals surface area (Å²) in [6.45, 7) is 5.52. The van der Waals surface area contributed by atoms with Crippen molar-refractivity contribution in [2.75, 3.05) is 60.6 Å². The SMILES string of the molecule is CN(C)CCN(C)CCCOCCOI. The molecule has 0 aromatic carbocycles. The molecule has 0 saturated carbocycles. The Morgan fingerprint density at radius 2 is 1.67 bits per heavy atom. The highest BCUT2D eigenvalue weighted by atomic mass is 127. The summed E-state index contributed by atoms with van der Waals surface area (Å²) in [7, 11) is 6.35. The highest BCUT2D eigenvalue weighted by Gasteiger charge is 1.98. The van der Waals surface area contributed by atoms with Crippen LogP contribution in [0.25, 0.3) is 0 Å². The van der Waals surface area contributed by atoms with Gasteiger partial charge in [-0.2, -0.15) is 0 Å². The molecule has 0 unspecified atom stereocenters. The fraction of sp³-hybridized carbons (Fsp3) is 1.00. The van der Waals surface area contributed by atoms with Gasteiger partial charge in [-0.3, -0.25) is 0 Å². The maximum Gasteiger partial charge on any atom is 0.109 e. The lowest BCUT2D eigenvalue weighted by Gasteiger charge is -2.18. The van der Waals surface area contributed by atoms with E-state index < -0.39 is 0 Å². The van der Waals surface area contributed by atoms with Gasteiger partial charge in [-0.15, -0.1) is 0 Å². The predicted molar refractivity (Wildman–Crippen MR) is 71.5 cm³/mol. The van der Waals surface area contributed by atoms with Gasteiger partial charge >= 0.3 is 0 Å². The molecule has 0 fully saturated rings. The molecule has 0 N–H and O–H groups in total. The van der Waals surface area contributed by atoms with Gasteiger partial charge in [-0.1, -0.05) is 0 Å². The number of halogens is 1. The zero-order valence-electron chi connectivity index (χ0n) is 10.0. The predicted octanol–water partition coefficient (Wildman–Crippen LogP) is 1.25. The van der Waals surface area contributed by atoms with Crippen molar-refractivity contribution >= 4 is 23.0 Å². The minimum Gasteiger partial charge on any atom is -0.379 e. The maximum atomic E-state index is 5.38. The van der Waals surface area contributed by atoms with Gasteiger partial charge in [0.1, 0.15) is 23.0 Å². The molecule has 0 rings (SSSR count). The van der Waals surface area contributed by atoms with Gasteiger partial charge in [0.25, 0.3) is 0 Å². The van der Waals surface area contributed by atoms with Crippen molar-refractivity contribution in [3.8, 4) is 0 Å². The van der Waals surface area contributed by atoms with Crippen molar-refractivity contribution in [3.63, 3.8) is 0 Å². The van der Waals surface area contributed by atoms with E-state index in [0.29, 0.717) is 13.2 Å². The van der Waals surface area contributed by atoms with Crippen LogP contribution in [0.2, 0.25) is 0 Å². The lowest BCUT2D eigenvalue weighted by molar-refractivity contribution is 0.104. The van der Waals surface area contributed by atoms with Gasteiger partial charge < -0.3 is 17.6 Å². The van der Waals surface area contributed by atoms with Gasteiger partial charge in [0.2, 0.25) is 0 Å². The number of likely N-dealkylation sites (N-methyl/N-ethyl adjacent to an activating group) is 2. The molecule has 92 valence electrons. The summed E-state index contributed by atoms with van der Waals surface area (Å²) in [4.78, 5) is 4.53. The summed E-state index contributed by atoms with van der Waals surface area (Å²) in [5.41, 5.74) is 0. The third-order valence-electron chi connectivity index (χ3n) is 2.06. The minimum absolute atomic E-state index is 0.678. The van der Waals surface area contributed by atoms with E-state index in [4.69, 9.17) is 7.80 Å². The second-order valence-corrected chi connectivity index (χ2v) is 4.51. The van der Waals surface area contributed by atoms with E-state index in [2.05, 4.69) is 30.9 Å². The van der Waals surface area contributed by atoms with Crippen LogP contribution in [0.4, 0.5) is 0 Å². The first-order valence-corrected chi connectivity index (χ1v) is 6.19. The molecular formula is C10H23IN2O2. The fourth-order valence-electron chi connectivity index (χ4n) is 1.11. The Morgan fingerprint density at radius 1 is 0.933 bits per heavy atom. The molecule has 0 radical (unpaired) electrons. The van der Waals surface area contributed by atoms with E-state index in [0.717, 1.165) is 32.7 Å². The largest absolute Gasteiger partial charge is 0.379 e. The van der Waals surface area contributed by atoms with Crippen LogP contribution < -0.4 is 0 Å². The number of ether oxygens (including phenoxy) is 1. The third kappa shape index (κ3) is 12.5. The number of hydrogen-bond donors (Lipinski definition) is 0. The lowest BCUT2D eigenvalue weighted by atomic mass is 10.4. The van der Waals surface area contributed by atoms with Crippen LogP contribution in [-0.4, -0.2) is 70.4 Å². The summed E-state index contributed by atoms with van der Waals surface area (Å²) in [5, 5.41) is 0. The summed E-state index contributed by atoms with van der Waals surface area (Å²) >= 11 is 1.88. The van der Waals surface area contributed by atoms with E-state index >= 15 is 0 Å². The van der Waals surface area contributed by atoms with Gasteiger partial charge in [0.05, 0.1) is 13.2 Å². The molecule has 0 aromatic heterocycles. The first-order valence-electron chi connectivity index (χ1n) is 5.31. The average Bonchev–Trinajstić information content (AvgIpc) is 2.20. The monoisotopic (exact) mass is 330 g/mol. The van der Waals surface area contributed by atoms with Crippen LogP contribution >= 0.6 is 23.0 Å². The summed E-state index contributed by atoms with van der Waals surface area (Å²) in [5.74, 6) is 0. The third-order valence-corrected chi connectivity index (χ3v) is 2.50. The number of rotatable bonds is 10. The summed E-state index contributed by atoms with van der Waals surface area (Å²) in [6.07, 6.45) is 1.09. The van der Waals surface area contributed by atoms with E-state index in [9.17, 15) is 0 Å².